The van der Waals surface area contributed by atoms with E-state index in [1.807, 2.05) is 13.8 Å². The van der Waals surface area contributed by atoms with Gasteiger partial charge < -0.3 is 25.0 Å². The van der Waals surface area contributed by atoms with Gasteiger partial charge in [0.2, 0.25) is 0 Å². The summed E-state index contributed by atoms with van der Waals surface area (Å²) in [6, 6.07) is 6.30. The molecule has 7 heteroatoms. The van der Waals surface area contributed by atoms with Gasteiger partial charge in [0.15, 0.2) is 5.96 Å². The lowest BCUT2D eigenvalue weighted by atomic mass is 10.1. The van der Waals surface area contributed by atoms with Gasteiger partial charge in [-0.3, -0.25) is 4.99 Å². The summed E-state index contributed by atoms with van der Waals surface area (Å²) >= 11 is 0. The highest BCUT2D eigenvalue weighted by Gasteiger charge is 2.07. The molecule has 0 bridgehead atoms. The number of halogens is 1. The molecule has 0 spiro atoms. The van der Waals surface area contributed by atoms with Crippen LogP contribution in [-0.4, -0.2) is 64.4 Å². The van der Waals surface area contributed by atoms with E-state index in [4.69, 9.17) is 9.47 Å². The summed E-state index contributed by atoms with van der Waals surface area (Å²) in [4.78, 5) is 6.56. The van der Waals surface area contributed by atoms with Crippen molar-refractivity contribution in [2.75, 3.05) is 47.4 Å². The molecule has 2 N–H and O–H groups in total. The maximum absolute atomic E-state index is 5.93. The van der Waals surface area contributed by atoms with Crippen molar-refractivity contribution in [1.29, 1.82) is 0 Å². The van der Waals surface area contributed by atoms with Gasteiger partial charge in [-0.1, -0.05) is 12.1 Å². The van der Waals surface area contributed by atoms with Crippen molar-refractivity contribution in [3.63, 3.8) is 0 Å². The van der Waals surface area contributed by atoms with Crippen molar-refractivity contribution in [2.24, 2.45) is 4.99 Å². The number of hydrogen-bond acceptors (Lipinski definition) is 4. The summed E-state index contributed by atoms with van der Waals surface area (Å²) in [7, 11) is 5.64. The average Bonchev–Trinajstić information content (AvgIpc) is 2.60. The van der Waals surface area contributed by atoms with Crippen LogP contribution in [0.1, 0.15) is 31.4 Å². The summed E-state index contributed by atoms with van der Waals surface area (Å²) in [6.45, 7) is 10.5. The first-order valence-corrected chi connectivity index (χ1v) is 9.34. The number of rotatable bonds is 11. The Morgan fingerprint density at radius 3 is 2.59 bits per heavy atom. The zero-order valence-corrected chi connectivity index (χ0v) is 20.0. The van der Waals surface area contributed by atoms with E-state index in [1.165, 1.54) is 5.56 Å². The number of guanidine groups is 1. The van der Waals surface area contributed by atoms with Crippen molar-refractivity contribution in [3.8, 4) is 5.75 Å². The van der Waals surface area contributed by atoms with E-state index in [9.17, 15) is 0 Å². The molecule has 0 atom stereocenters. The number of likely N-dealkylation sites (N-methyl/N-ethyl adjacent to an activating group) is 1. The summed E-state index contributed by atoms with van der Waals surface area (Å²) in [5.41, 5.74) is 2.33. The normalized spacial score (nSPS) is 11.5. The van der Waals surface area contributed by atoms with Crippen LogP contribution in [0.2, 0.25) is 0 Å². The quantitative estimate of drug-likeness (QED) is 0.215. The van der Waals surface area contributed by atoms with E-state index in [2.05, 4.69) is 52.7 Å². The molecule has 0 amide bonds. The Bertz CT molecular complexity index is 553. The summed E-state index contributed by atoms with van der Waals surface area (Å²) in [6.07, 6.45) is 1.20. The first-order chi connectivity index (χ1) is 12.5. The molecule has 0 unspecified atom stereocenters. The third kappa shape index (κ3) is 11.4. The third-order valence-corrected chi connectivity index (χ3v) is 3.94. The number of nitrogens with zero attached hydrogens (tertiary/aromatic N) is 2. The van der Waals surface area contributed by atoms with Crippen molar-refractivity contribution in [2.45, 2.75) is 39.8 Å². The van der Waals surface area contributed by atoms with Crippen LogP contribution in [0, 0.1) is 6.92 Å². The van der Waals surface area contributed by atoms with E-state index >= 15 is 0 Å². The molecule has 1 aromatic rings. The molecule has 1 aromatic carbocycles. The second-order valence-corrected chi connectivity index (χ2v) is 6.78. The molecule has 0 heterocycles. The molecule has 0 aliphatic carbocycles. The molecule has 0 saturated carbocycles. The molecule has 6 nitrogen and oxygen atoms in total. The summed E-state index contributed by atoms with van der Waals surface area (Å²) in [5.74, 6) is 1.74. The lowest BCUT2D eigenvalue weighted by Gasteiger charge is -2.18. The van der Waals surface area contributed by atoms with Gasteiger partial charge in [0.05, 0.1) is 12.7 Å². The highest BCUT2D eigenvalue weighted by atomic mass is 127. The fourth-order valence-electron chi connectivity index (χ4n) is 2.49. The van der Waals surface area contributed by atoms with Crippen LogP contribution >= 0.6 is 24.0 Å². The first kappa shape index (κ1) is 25.9. The van der Waals surface area contributed by atoms with Crippen molar-refractivity contribution in [1.82, 2.24) is 15.5 Å². The van der Waals surface area contributed by atoms with Gasteiger partial charge in [0.25, 0.3) is 0 Å². The number of aliphatic imine (C=N–C) groups is 1. The molecule has 0 aliphatic rings. The van der Waals surface area contributed by atoms with E-state index in [0.717, 1.165) is 49.9 Å². The minimum absolute atomic E-state index is 0. The highest BCUT2D eigenvalue weighted by Crippen LogP contribution is 2.21. The number of aryl methyl sites for hydroxylation is 1. The fourth-order valence-corrected chi connectivity index (χ4v) is 2.49. The van der Waals surface area contributed by atoms with Crippen LogP contribution in [0.5, 0.6) is 5.75 Å². The smallest absolute Gasteiger partial charge is 0.191 e. The highest BCUT2D eigenvalue weighted by molar-refractivity contribution is 14.0. The molecule has 0 radical (unpaired) electrons. The predicted molar refractivity (Wildman–Crippen MR) is 125 cm³/mol. The van der Waals surface area contributed by atoms with Crippen LogP contribution in [-0.2, 0) is 11.3 Å². The molecule has 0 fully saturated rings. The molecule has 27 heavy (non-hydrogen) atoms. The maximum atomic E-state index is 5.93. The number of nitrogens with one attached hydrogen (secondary N) is 2. The number of hydrogen-bond donors (Lipinski definition) is 2. The zero-order chi connectivity index (χ0) is 19.4. The number of benzene rings is 1. The van der Waals surface area contributed by atoms with E-state index in [-0.39, 0.29) is 30.1 Å². The van der Waals surface area contributed by atoms with E-state index in [0.29, 0.717) is 6.54 Å². The zero-order valence-electron chi connectivity index (χ0n) is 17.7. The SMILES string of the molecule is CN=C(NCCCN(C)CCOC)NCc1ccc(C)cc1OC(C)C.I. The maximum Gasteiger partial charge on any atom is 0.191 e. The fraction of sp³-hybridized carbons (Fsp3) is 0.650. The van der Waals surface area contributed by atoms with Crippen LogP contribution in [0.3, 0.4) is 0 Å². The summed E-state index contributed by atoms with van der Waals surface area (Å²) < 4.78 is 11.0. The molecule has 0 aromatic heterocycles. The van der Waals surface area contributed by atoms with Gasteiger partial charge in [0, 0.05) is 39.4 Å². The lowest BCUT2D eigenvalue weighted by molar-refractivity contribution is 0.161. The predicted octanol–water partition coefficient (Wildman–Crippen LogP) is 3.03. The van der Waals surface area contributed by atoms with Crippen LogP contribution in [0.25, 0.3) is 0 Å². The Kier molecular flexibility index (Phi) is 14.3. The van der Waals surface area contributed by atoms with Gasteiger partial charge in [-0.15, -0.1) is 24.0 Å². The van der Waals surface area contributed by atoms with E-state index < -0.39 is 0 Å². The second-order valence-electron chi connectivity index (χ2n) is 6.78. The Morgan fingerprint density at radius 1 is 1.22 bits per heavy atom. The number of ether oxygens (including phenoxy) is 2. The lowest BCUT2D eigenvalue weighted by Crippen LogP contribution is -2.38. The third-order valence-electron chi connectivity index (χ3n) is 3.94. The molecular weight excluding hydrogens is 455 g/mol. The van der Waals surface area contributed by atoms with Crippen LogP contribution in [0.15, 0.2) is 23.2 Å². The van der Waals surface area contributed by atoms with Crippen molar-refractivity contribution >= 4 is 29.9 Å². The monoisotopic (exact) mass is 492 g/mol. The largest absolute Gasteiger partial charge is 0.491 e. The minimum atomic E-state index is 0. The Morgan fingerprint density at radius 2 is 1.96 bits per heavy atom. The van der Waals surface area contributed by atoms with Crippen molar-refractivity contribution in [3.05, 3.63) is 29.3 Å². The average molecular weight is 492 g/mol. The van der Waals surface area contributed by atoms with Crippen molar-refractivity contribution < 1.29 is 9.47 Å². The topological polar surface area (TPSA) is 58.1 Å². The Balaban J connectivity index is 0.00000676. The second kappa shape index (κ2) is 14.9. The first-order valence-electron chi connectivity index (χ1n) is 9.34. The minimum Gasteiger partial charge on any atom is -0.491 e. The Hall–Kier alpha value is -1.06. The summed E-state index contributed by atoms with van der Waals surface area (Å²) in [5, 5.41) is 6.73. The molecule has 156 valence electrons. The Labute approximate surface area is 182 Å². The van der Waals surface area contributed by atoms with Gasteiger partial charge in [0.1, 0.15) is 5.75 Å². The van der Waals surface area contributed by atoms with Crippen LogP contribution in [0.4, 0.5) is 0 Å². The molecular formula is C20H37IN4O2. The van der Waals surface area contributed by atoms with Gasteiger partial charge in [-0.05, 0) is 52.4 Å². The number of methoxy groups -OCH3 is 1. The standard InChI is InChI=1S/C20H36N4O2.HI/c1-16(2)26-19-14-17(3)8-9-18(19)15-23-20(21-4)22-10-7-11-24(5)12-13-25-6;/h8-9,14,16H,7,10-13,15H2,1-6H3,(H2,21,22,23);1H. The van der Waals surface area contributed by atoms with Gasteiger partial charge >= 0.3 is 0 Å². The van der Waals surface area contributed by atoms with Gasteiger partial charge in [-0.2, -0.15) is 0 Å². The molecule has 1 rings (SSSR count). The van der Waals surface area contributed by atoms with Crippen LogP contribution < -0.4 is 15.4 Å². The van der Waals surface area contributed by atoms with E-state index in [1.54, 1.807) is 14.2 Å². The molecule has 0 aliphatic heterocycles. The van der Waals surface area contributed by atoms with Gasteiger partial charge in [-0.25, -0.2) is 0 Å². The molecule has 0 saturated heterocycles.